The smallest absolute Gasteiger partial charge is 0.250 e. The number of benzene rings is 1. The number of pyridine rings is 1. The molecule has 1 amide bonds. The molecule has 0 bridgehead atoms. The number of phenolic OH excluding ortho intramolecular Hbond substituents is 1. The Hall–Kier alpha value is -2.54. The predicted molar refractivity (Wildman–Crippen MR) is 90.0 cm³/mol. The second kappa shape index (κ2) is 8.79. The summed E-state index contributed by atoms with van der Waals surface area (Å²) in [5.74, 6) is 0.461. The van der Waals surface area contributed by atoms with E-state index in [2.05, 4.69) is 15.5 Å². The first-order chi connectivity index (χ1) is 11.2. The van der Waals surface area contributed by atoms with Crippen LogP contribution in [0, 0.1) is 0 Å². The molecule has 0 atom stereocenters. The zero-order valence-electron chi connectivity index (χ0n) is 12.6. The van der Waals surface area contributed by atoms with Crippen LogP contribution < -0.4 is 10.2 Å². The van der Waals surface area contributed by atoms with Crippen molar-refractivity contribution in [2.45, 2.75) is 11.9 Å². The van der Waals surface area contributed by atoms with E-state index >= 15 is 0 Å². The summed E-state index contributed by atoms with van der Waals surface area (Å²) in [5, 5.41) is 14.3. The monoisotopic (exact) mass is 331 g/mol. The second-order valence-corrected chi connectivity index (χ2v) is 5.41. The van der Waals surface area contributed by atoms with E-state index in [0.29, 0.717) is 17.9 Å². The number of aromatic nitrogens is 1. The quantitative estimate of drug-likeness (QED) is 0.462. The van der Waals surface area contributed by atoms with Gasteiger partial charge in [-0.15, -0.1) is 0 Å². The molecule has 0 fully saturated rings. The van der Waals surface area contributed by atoms with E-state index in [4.69, 9.17) is 4.74 Å². The molecule has 23 heavy (non-hydrogen) atoms. The van der Waals surface area contributed by atoms with Crippen LogP contribution in [0.15, 0.2) is 52.7 Å². The number of hydrazone groups is 1. The molecule has 1 aromatic carbocycles. The minimum absolute atomic E-state index is 0.0693. The summed E-state index contributed by atoms with van der Waals surface area (Å²) in [4.78, 5) is 15.8. The Balaban J connectivity index is 1.84. The van der Waals surface area contributed by atoms with E-state index < -0.39 is 0 Å². The summed E-state index contributed by atoms with van der Waals surface area (Å²) >= 11 is 1.34. The molecule has 0 aliphatic heterocycles. The summed E-state index contributed by atoms with van der Waals surface area (Å²) in [6.45, 7) is 2.29. The number of carbonyl (C=O) groups is 1. The highest BCUT2D eigenvalue weighted by Gasteiger charge is 2.03. The average molecular weight is 331 g/mol. The maximum absolute atomic E-state index is 11.7. The van der Waals surface area contributed by atoms with Crippen molar-refractivity contribution in [3.05, 3.63) is 48.2 Å². The lowest BCUT2D eigenvalue weighted by molar-refractivity contribution is -0.118. The Labute approximate surface area is 138 Å². The molecular weight excluding hydrogens is 314 g/mol. The fourth-order valence-corrected chi connectivity index (χ4v) is 2.32. The van der Waals surface area contributed by atoms with Gasteiger partial charge < -0.3 is 9.84 Å². The molecule has 0 spiro atoms. The Bertz CT molecular complexity index is 678. The van der Waals surface area contributed by atoms with Crippen molar-refractivity contribution in [1.82, 2.24) is 10.4 Å². The van der Waals surface area contributed by atoms with E-state index in [9.17, 15) is 9.90 Å². The number of hydrogen-bond acceptors (Lipinski definition) is 6. The third kappa shape index (κ3) is 5.63. The molecule has 120 valence electrons. The molecule has 0 radical (unpaired) electrons. The first kappa shape index (κ1) is 16.8. The topological polar surface area (TPSA) is 83.8 Å². The summed E-state index contributed by atoms with van der Waals surface area (Å²) in [7, 11) is 0. The fraction of sp³-hybridized carbons (Fsp3) is 0.188. The molecule has 0 aliphatic carbocycles. The van der Waals surface area contributed by atoms with E-state index in [1.807, 2.05) is 25.1 Å². The molecule has 0 unspecified atom stereocenters. The number of nitrogens with one attached hydrogen (secondary N) is 1. The van der Waals surface area contributed by atoms with Gasteiger partial charge in [-0.1, -0.05) is 17.8 Å². The van der Waals surface area contributed by atoms with Crippen molar-refractivity contribution in [1.29, 1.82) is 0 Å². The highest BCUT2D eigenvalue weighted by molar-refractivity contribution is 7.99. The molecule has 1 heterocycles. The van der Waals surface area contributed by atoms with Gasteiger partial charge in [0.2, 0.25) is 5.91 Å². The highest BCUT2D eigenvalue weighted by Crippen LogP contribution is 2.26. The van der Waals surface area contributed by atoms with Crippen LogP contribution in [0.1, 0.15) is 12.5 Å². The van der Waals surface area contributed by atoms with Crippen molar-refractivity contribution < 1.29 is 14.6 Å². The molecule has 0 saturated carbocycles. The molecule has 7 heteroatoms. The van der Waals surface area contributed by atoms with Crippen molar-refractivity contribution in [3.63, 3.8) is 0 Å². The van der Waals surface area contributed by atoms with Gasteiger partial charge in [0, 0.05) is 6.20 Å². The minimum atomic E-state index is -0.222. The Morgan fingerprint density at radius 3 is 3.04 bits per heavy atom. The molecule has 2 aromatic rings. The van der Waals surface area contributed by atoms with Crippen LogP contribution in [0.5, 0.6) is 11.5 Å². The lowest BCUT2D eigenvalue weighted by atomic mass is 10.2. The predicted octanol–water partition coefficient (Wildman–Crippen LogP) is 2.43. The number of phenols is 1. The highest BCUT2D eigenvalue weighted by atomic mass is 32.2. The SMILES string of the molecule is CCOc1cc(/C=N/NC(=O)CSc2ccccn2)ccc1O. The molecule has 2 N–H and O–H groups in total. The van der Waals surface area contributed by atoms with Crippen LogP contribution in [0.25, 0.3) is 0 Å². The maximum atomic E-state index is 11.7. The van der Waals surface area contributed by atoms with Crippen LogP contribution in [0.4, 0.5) is 0 Å². The zero-order valence-corrected chi connectivity index (χ0v) is 13.4. The molecule has 0 saturated heterocycles. The standard InChI is InChI=1S/C16H17N3O3S/c1-2-22-14-9-12(6-7-13(14)20)10-18-19-15(21)11-23-16-5-3-4-8-17-16/h3-10,20H,2,11H2,1H3,(H,19,21)/b18-10+. The lowest BCUT2D eigenvalue weighted by Crippen LogP contribution is -2.19. The molecule has 1 aromatic heterocycles. The van der Waals surface area contributed by atoms with Crippen molar-refractivity contribution in [2.24, 2.45) is 5.10 Å². The van der Waals surface area contributed by atoms with Gasteiger partial charge in [0.1, 0.15) is 0 Å². The van der Waals surface area contributed by atoms with Crippen molar-refractivity contribution in [2.75, 3.05) is 12.4 Å². The van der Waals surface area contributed by atoms with Crippen LogP contribution in [-0.4, -0.2) is 34.6 Å². The lowest BCUT2D eigenvalue weighted by Gasteiger charge is -2.06. The second-order valence-electron chi connectivity index (χ2n) is 4.41. The molecule has 6 nitrogen and oxygen atoms in total. The molecule has 2 rings (SSSR count). The third-order valence-corrected chi connectivity index (χ3v) is 3.62. The molecular formula is C16H17N3O3S. The average Bonchev–Trinajstić information content (AvgIpc) is 2.57. The first-order valence-electron chi connectivity index (χ1n) is 7.00. The van der Waals surface area contributed by atoms with Gasteiger partial charge in [-0.2, -0.15) is 5.10 Å². The van der Waals surface area contributed by atoms with Crippen molar-refractivity contribution >= 4 is 23.9 Å². The fourth-order valence-electron chi connectivity index (χ4n) is 1.67. The number of ether oxygens (including phenoxy) is 1. The number of nitrogens with zero attached hydrogens (tertiary/aromatic N) is 2. The largest absolute Gasteiger partial charge is 0.504 e. The third-order valence-electron chi connectivity index (χ3n) is 2.68. The number of carbonyl (C=O) groups excluding carboxylic acids is 1. The van der Waals surface area contributed by atoms with E-state index in [-0.39, 0.29) is 17.4 Å². The number of rotatable bonds is 7. The summed E-state index contributed by atoms with van der Waals surface area (Å²) in [6, 6.07) is 10.4. The van der Waals surface area contributed by atoms with Crippen LogP contribution >= 0.6 is 11.8 Å². The number of hydrogen-bond donors (Lipinski definition) is 2. The summed E-state index contributed by atoms with van der Waals surface area (Å²) < 4.78 is 5.28. The van der Waals surface area contributed by atoms with Gasteiger partial charge in [0.15, 0.2) is 11.5 Å². The van der Waals surface area contributed by atoms with Gasteiger partial charge in [-0.3, -0.25) is 4.79 Å². The van der Waals surface area contributed by atoms with Crippen LogP contribution in [-0.2, 0) is 4.79 Å². The minimum Gasteiger partial charge on any atom is -0.504 e. The van der Waals surface area contributed by atoms with E-state index in [1.165, 1.54) is 24.0 Å². The van der Waals surface area contributed by atoms with Crippen molar-refractivity contribution in [3.8, 4) is 11.5 Å². The first-order valence-corrected chi connectivity index (χ1v) is 7.99. The van der Waals surface area contributed by atoms with Gasteiger partial charge in [-0.05, 0) is 42.8 Å². The van der Waals surface area contributed by atoms with Crippen LogP contribution in [0.3, 0.4) is 0 Å². The van der Waals surface area contributed by atoms with Gasteiger partial charge in [0.05, 0.1) is 23.6 Å². The Morgan fingerprint density at radius 2 is 2.30 bits per heavy atom. The summed E-state index contributed by atoms with van der Waals surface area (Å²) in [5.41, 5.74) is 3.16. The Kier molecular flexibility index (Phi) is 6.43. The van der Waals surface area contributed by atoms with Gasteiger partial charge in [-0.25, -0.2) is 10.4 Å². The number of amides is 1. The Morgan fingerprint density at radius 1 is 1.43 bits per heavy atom. The summed E-state index contributed by atoms with van der Waals surface area (Å²) in [6.07, 6.45) is 3.17. The molecule has 0 aliphatic rings. The number of aromatic hydroxyl groups is 1. The van der Waals surface area contributed by atoms with E-state index in [1.54, 1.807) is 18.3 Å². The zero-order chi connectivity index (χ0) is 16.5. The number of thioether (sulfide) groups is 1. The van der Waals surface area contributed by atoms with E-state index in [0.717, 1.165) is 5.03 Å². The normalized spacial score (nSPS) is 10.7. The van der Waals surface area contributed by atoms with Crippen LogP contribution in [0.2, 0.25) is 0 Å². The van der Waals surface area contributed by atoms with Gasteiger partial charge in [0.25, 0.3) is 0 Å². The van der Waals surface area contributed by atoms with Gasteiger partial charge >= 0.3 is 0 Å². The maximum Gasteiger partial charge on any atom is 0.250 e.